The van der Waals surface area contributed by atoms with E-state index in [1.165, 1.54) is 5.54 Å². The molecule has 0 saturated carbocycles. The molecule has 76 valence electrons. The third-order valence-corrected chi connectivity index (χ3v) is 2.09. The van der Waals surface area contributed by atoms with E-state index in [0.29, 0.717) is 19.7 Å². The van der Waals surface area contributed by atoms with Crippen molar-refractivity contribution in [2.24, 2.45) is 0 Å². The lowest BCUT2D eigenvalue weighted by atomic mass is 10.3. The van der Waals surface area contributed by atoms with Gasteiger partial charge in [-0.05, 0) is 0 Å². The van der Waals surface area contributed by atoms with Crippen LogP contribution in [0.25, 0.3) is 0 Å². The van der Waals surface area contributed by atoms with Crippen LogP contribution in [-0.2, 0) is 4.74 Å². The topological polar surface area (TPSA) is 12.5 Å². The number of hydrogen-bond acceptors (Lipinski definition) is 2. The summed E-state index contributed by atoms with van der Waals surface area (Å²) in [4.78, 5) is 1.89. The summed E-state index contributed by atoms with van der Waals surface area (Å²) >= 11 is 5.33. The van der Waals surface area contributed by atoms with Crippen molar-refractivity contribution >= 4 is 11.6 Å². The van der Waals surface area contributed by atoms with E-state index >= 15 is 0 Å². The van der Waals surface area contributed by atoms with Crippen molar-refractivity contribution in [2.75, 3.05) is 26.2 Å². The van der Waals surface area contributed by atoms with Gasteiger partial charge in [-0.1, -0.05) is 17.7 Å². The van der Waals surface area contributed by atoms with Gasteiger partial charge >= 0.3 is 0 Å². The normalized spacial score (nSPS) is 26.0. The van der Waals surface area contributed by atoms with Crippen LogP contribution in [0.4, 0.5) is 8.78 Å². The van der Waals surface area contributed by atoms with E-state index in [2.05, 4.69) is 0 Å². The van der Waals surface area contributed by atoms with E-state index in [0.717, 1.165) is 0 Å². The Bertz CT molecular complexity index is 178. The largest absolute Gasteiger partial charge is 0.370 e. The van der Waals surface area contributed by atoms with Crippen molar-refractivity contribution in [1.82, 2.24) is 4.90 Å². The summed E-state index contributed by atoms with van der Waals surface area (Å²) in [6.07, 6.45) is -1.62. The third kappa shape index (κ3) is 3.58. The summed E-state index contributed by atoms with van der Waals surface area (Å²) in [6.45, 7) is 1.94. The summed E-state index contributed by atoms with van der Waals surface area (Å²) in [5.74, 6) is 0. The molecule has 13 heavy (non-hydrogen) atoms. The van der Waals surface area contributed by atoms with Gasteiger partial charge in [0.1, 0.15) is 6.10 Å². The lowest BCUT2D eigenvalue weighted by Gasteiger charge is -2.31. The molecule has 0 amide bonds. The maximum Gasteiger partial charge on any atom is 0.265 e. The van der Waals surface area contributed by atoms with Crippen LogP contribution >= 0.6 is 11.6 Å². The van der Waals surface area contributed by atoms with Gasteiger partial charge in [-0.25, -0.2) is 8.78 Å². The Hall–Kier alpha value is -0.190. The van der Waals surface area contributed by atoms with Crippen LogP contribution in [0.15, 0.2) is 11.6 Å². The number of hydrogen-bond donors (Lipinski definition) is 0. The summed E-state index contributed by atoms with van der Waals surface area (Å²) < 4.78 is 29.3. The Morgan fingerprint density at radius 2 is 2.38 bits per heavy atom. The molecule has 1 fully saturated rings. The quantitative estimate of drug-likeness (QED) is 0.705. The molecule has 1 unspecified atom stereocenters. The summed E-state index contributed by atoms with van der Waals surface area (Å²) in [6, 6.07) is 0. The highest BCUT2D eigenvalue weighted by molar-refractivity contribution is 6.25. The van der Waals surface area contributed by atoms with Crippen molar-refractivity contribution in [3.63, 3.8) is 0 Å². The first-order valence-electron chi connectivity index (χ1n) is 4.11. The first kappa shape index (κ1) is 10.9. The summed E-state index contributed by atoms with van der Waals surface area (Å²) in [7, 11) is 0. The molecule has 0 N–H and O–H groups in total. The molecule has 2 nitrogen and oxygen atoms in total. The maximum absolute atomic E-state index is 12.2. The van der Waals surface area contributed by atoms with Crippen LogP contribution < -0.4 is 0 Å². The van der Waals surface area contributed by atoms with E-state index in [1.807, 2.05) is 4.90 Å². The second-order valence-corrected chi connectivity index (χ2v) is 3.12. The van der Waals surface area contributed by atoms with Crippen LogP contribution in [0.1, 0.15) is 0 Å². The molecule has 1 heterocycles. The fourth-order valence-electron chi connectivity index (χ4n) is 1.24. The number of halogens is 3. The molecule has 0 aromatic rings. The third-order valence-electron chi connectivity index (χ3n) is 1.91. The first-order valence-corrected chi connectivity index (χ1v) is 4.55. The molecule has 1 saturated heterocycles. The molecule has 1 aliphatic heterocycles. The number of rotatable bonds is 3. The number of ether oxygens (including phenoxy) is 1. The monoisotopic (exact) mass is 211 g/mol. The first-order chi connectivity index (χ1) is 6.24. The minimum atomic E-state index is -2.40. The smallest absolute Gasteiger partial charge is 0.265 e. The lowest BCUT2D eigenvalue weighted by Crippen LogP contribution is -2.45. The molecule has 1 rings (SSSR count). The second-order valence-electron chi connectivity index (χ2n) is 2.86. The molecule has 1 aliphatic rings. The zero-order chi connectivity index (χ0) is 9.68. The Labute approximate surface area is 81.1 Å². The minimum absolute atomic E-state index is 0.277. The molecule has 0 radical (unpaired) electrons. The van der Waals surface area contributed by atoms with Crippen LogP contribution in [0.2, 0.25) is 0 Å². The Morgan fingerprint density at radius 3 is 3.00 bits per heavy atom. The molecule has 1 atom stereocenters. The van der Waals surface area contributed by atoms with Crippen LogP contribution in [0.3, 0.4) is 0 Å². The van der Waals surface area contributed by atoms with E-state index in [1.54, 1.807) is 6.08 Å². The van der Waals surface area contributed by atoms with Crippen LogP contribution in [0, 0.1) is 0 Å². The summed E-state index contributed by atoms with van der Waals surface area (Å²) in [5.41, 5.74) is 1.40. The Morgan fingerprint density at radius 1 is 1.62 bits per heavy atom. The zero-order valence-electron chi connectivity index (χ0n) is 7.13. The van der Waals surface area contributed by atoms with Gasteiger partial charge in [-0.2, -0.15) is 0 Å². The predicted octanol–water partition coefficient (Wildman–Crippen LogP) is 1.70. The highest BCUT2D eigenvalue weighted by Crippen LogP contribution is 2.12. The second kappa shape index (κ2) is 5.52. The van der Waals surface area contributed by atoms with Crippen molar-refractivity contribution in [3.05, 3.63) is 11.6 Å². The minimum Gasteiger partial charge on any atom is -0.370 e. The Kier molecular flexibility index (Phi) is 4.62. The van der Waals surface area contributed by atoms with Gasteiger partial charge in [-0.15, -0.1) is 0 Å². The van der Waals surface area contributed by atoms with Crippen molar-refractivity contribution in [2.45, 2.75) is 12.5 Å². The number of nitrogens with zero attached hydrogens (tertiary/aromatic N) is 1. The average Bonchev–Trinajstić information content (AvgIpc) is 2.15. The molecular formula is C8H12ClF2NO. The number of morpholine rings is 1. The highest BCUT2D eigenvalue weighted by atomic mass is 35.5. The van der Waals surface area contributed by atoms with Crippen molar-refractivity contribution in [1.29, 1.82) is 0 Å². The van der Waals surface area contributed by atoms with E-state index in [-0.39, 0.29) is 6.54 Å². The molecule has 0 aromatic carbocycles. The van der Waals surface area contributed by atoms with Gasteiger partial charge in [0.15, 0.2) is 0 Å². The van der Waals surface area contributed by atoms with E-state index < -0.39 is 12.5 Å². The zero-order valence-corrected chi connectivity index (χ0v) is 7.88. The molecular weight excluding hydrogens is 200 g/mol. The SMILES string of the molecule is FC(F)C1CN(C/C=C/Cl)CCO1. The van der Waals surface area contributed by atoms with E-state index in [4.69, 9.17) is 16.3 Å². The molecule has 0 bridgehead atoms. The van der Waals surface area contributed by atoms with Gasteiger partial charge in [-0.3, -0.25) is 4.90 Å². The van der Waals surface area contributed by atoms with Gasteiger partial charge in [0.2, 0.25) is 0 Å². The standard InChI is InChI=1S/C8H12ClF2NO/c9-2-1-3-12-4-5-13-7(6-12)8(10)11/h1-2,7-8H,3-6H2/b2-1+. The maximum atomic E-state index is 12.2. The molecule has 0 aliphatic carbocycles. The Balaban J connectivity index is 2.33. The summed E-state index contributed by atoms with van der Waals surface area (Å²) in [5, 5.41) is 0. The highest BCUT2D eigenvalue weighted by Gasteiger charge is 2.27. The van der Waals surface area contributed by atoms with Gasteiger partial charge in [0.25, 0.3) is 6.43 Å². The van der Waals surface area contributed by atoms with Gasteiger partial charge in [0.05, 0.1) is 6.61 Å². The van der Waals surface area contributed by atoms with Crippen molar-refractivity contribution < 1.29 is 13.5 Å². The predicted molar refractivity (Wildman–Crippen MR) is 47.2 cm³/mol. The number of alkyl halides is 2. The molecule has 5 heteroatoms. The lowest BCUT2D eigenvalue weighted by molar-refractivity contribution is -0.0998. The average molecular weight is 212 g/mol. The fraction of sp³-hybridized carbons (Fsp3) is 0.750. The molecule has 0 spiro atoms. The van der Waals surface area contributed by atoms with Crippen LogP contribution in [0.5, 0.6) is 0 Å². The van der Waals surface area contributed by atoms with Crippen molar-refractivity contribution in [3.8, 4) is 0 Å². The molecule has 0 aromatic heterocycles. The van der Waals surface area contributed by atoms with Gasteiger partial charge in [0, 0.05) is 25.2 Å². The van der Waals surface area contributed by atoms with Crippen LogP contribution in [-0.4, -0.2) is 43.7 Å². The van der Waals surface area contributed by atoms with Gasteiger partial charge < -0.3 is 4.74 Å². The fourth-order valence-corrected chi connectivity index (χ4v) is 1.32. The van der Waals surface area contributed by atoms with E-state index in [9.17, 15) is 8.78 Å².